The van der Waals surface area contributed by atoms with Crippen LogP contribution in [0.1, 0.15) is 23.7 Å². The van der Waals surface area contributed by atoms with Gasteiger partial charge in [-0.15, -0.1) is 0 Å². The van der Waals surface area contributed by atoms with E-state index in [1.807, 2.05) is 6.92 Å². The van der Waals surface area contributed by atoms with Crippen molar-refractivity contribution >= 4 is 21.8 Å². The fourth-order valence-electron chi connectivity index (χ4n) is 1.44. The average molecular weight is 301 g/mol. The van der Waals surface area contributed by atoms with Crippen molar-refractivity contribution in [3.63, 3.8) is 0 Å². The van der Waals surface area contributed by atoms with Crippen molar-refractivity contribution in [1.82, 2.24) is 5.32 Å². The minimum Gasteiger partial charge on any atom is -0.496 e. The zero-order valence-electron chi connectivity index (χ0n) is 10.00. The summed E-state index contributed by atoms with van der Waals surface area (Å²) in [5.74, 6) is 0.385. The first-order valence-corrected chi connectivity index (χ1v) is 6.26. The van der Waals surface area contributed by atoms with E-state index in [1.54, 1.807) is 25.3 Å². The summed E-state index contributed by atoms with van der Waals surface area (Å²) in [6.07, 6.45) is 0.807. The minimum absolute atomic E-state index is 0.00384. The van der Waals surface area contributed by atoms with Crippen molar-refractivity contribution < 1.29 is 9.53 Å². The summed E-state index contributed by atoms with van der Waals surface area (Å²) in [5.41, 5.74) is 6.07. The summed E-state index contributed by atoms with van der Waals surface area (Å²) in [4.78, 5) is 12.0. The lowest BCUT2D eigenvalue weighted by Crippen LogP contribution is -2.39. The molecule has 0 saturated heterocycles. The van der Waals surface area contributed by atoms with Crippen molar-refractivity contribution in [3.8, 4) is 5.75 Å². The fourth-order valence-corrected chi connectivity index (χ4v) is 1.78. The molecule has 1 aromatic carbocycles. The molecule has 0 bridgehead atoms. The van der Waals surface area contributed by atoms with E-state index in [0.717, 1.165) is 10.9 Å². The van der Waals surface area contributed by atoms with Crippen molar-refractivity contribution in [2.75, 3.05) is 13.7 Å². The van der Waals surface area contributed by atoms with Crippen molar-refractivity contribution in [2.45, 2.75) is 19.4 Å². The van der Waals surface area contributed by atoms with Crippen molar-refractivity contribution in [1.29, 1.82) is 0 Å². The van der Waals surface area contributed by atoms with E-state index in [9.17, 15) is 4.79 Å². The number of nitrogens with one attached hydrogen (secondary N) is 1. The van der Waals surface area contributed by atoms with Gasteiger partial charge in [-0.3, -0.25) is 4.79 Å². The third kappa shape index (κ3) is 3.71. The topological polar surface area (TPSA) is 64.3 Å². The number of methoxy groups -OCH3 is 1. The Balaban J connectivity index is 2.88. The number of carbonyl (C=O) groups is 1. The Morgan fingerprint density at radius 1 is 1.59 bits per heavy atom. The number of hydrogen-bond acceptors (Lipinski definition) is 3. The highest BCUT2D eigenvalue weighted by Gasteiger charge is 2.15. The van der Waals surface area contributed by atoms with Gasteiger partial charge in [0.2, 0.25) is 0 Å². The summed E-state index contributed by atoms with van der Waals surface area (Å²) in [5, 5.41) is 2.87. The molecule has 1 amide bonds. The molecule has 94 valence electrons. The van der Waals surface area contributed by atoms with Crippen LogP contribution in [0.5, 0.6) is 5.75 Å². The summed E-state index contributed by atoms with van der Waals surface area (Å²) >= 11 is 3.33. The molecule has 0 aliphatic heterocycles. The Kier molecular flexibility index (Phi) is 5.44. The molecule has 0 saturated carbocycles. The third-order valence-electron chi connectivity index (χ3n) is 2.52. The van der Waals surface area contributed by atoms with Gasteiger partial charge in [-0.1, -0.05) is 22.9 Å². The predicted molar refractivity (Wildman–Crippen MR) is 71.3 cm³/mol. The zero-order chi connectivity index (χ0) is 12.8. The van der Waals surface area contributed by atoms with E-state index < -0.39 is 0 Å². The van der Waals surface area contributed by atoms with E-state index in [2.05, 4.69) is 21.2 Å². The number of nitrogens with two attached hydrogens (primary N) is 1. The first-order chi connectivity index (χ1) is 8.12. The van der Waals surface area contributed by atoms with Crippen LogP contribution >= 0.6 is 15.9 Å². The monoisotopic (exact) mass is 300 g/mol. The number of benzene rings is 1. The molecule has 1 aromatic rings. The molecule has 17 heavy (non-hydrogen) atoms. The van der Waals surface area contributed by atoms with Crippen LogP contribution in [0.15, 0.2) is 22.7 Å². The number of halogens is 1. The summed E-state index contributed by atoms with van der Waals surface area (Å²) < 4.78 is 6.05. The van der Waals surface area contributed by atoms with Gasteiger partial charge in [0, 0.05) is 17.1 Å². The van der Waals surface area contributed by atoms with Crippen LogP contribution in [0, 0.1) is 0 Å². The van der Waals surface area contributed by atoms with E-state index in [1.165, 1.54) is 0 Å². The van der Waals surface area contributed by atoms with Crippen LogP contribution in [0.4, 0.5) is 0 Å². The van der Waals surface area contributed by atoms with Gasteiger partial charge >= 0.3 is 0 Å². The van der Waals surface area contributed by atoms with Crippen LogP contribution < -0.4 is 15.8 Å². The lowest BCUT2D eigenvalue weighted by Gasteiger charge is -2.16. The molecule has 3 N–H and O–H groups in total. The third-order valence-corrected chi connectivity index (χ3v) is 3.01. The number of hydrogen-bond donors (Lipinski definition) is 2. The molecule has 0 spiro atoms. The molecule has 0 radical (unpaired) electrons. The Bertz CT molecular complexity index is 392. The van der Waals surface area contributed by atoms with Gasteiger partial charge in [-0.25, -0.2) is 0 Å². The number of ether oxygens (including phenoxy) is 1. The fraction of sp³-hybridized carbons (Fsp3) is 0.417. The van der Waals surface area contributed by atoms with Gasteiger partial charge in [0.15, 0.2) is 0 Å². The van der Waals surface area contributed by atoms with Crippen LogP contribution in [0.25, 0.3) is 0 Å². The molecular formula is C12H17BrN2O2. The maximum atomic E-state index is 12.0. The zero-order valence-corrected chi connectivity index (χ0v) is 11.6. The van der Waals surface area contributed by atoms with E-state index in [-0.39, 0.29) is 11.9 Å². The van der Waals surface area contributed by atoms with Crippen LogP contribution in [-0.2, 0) is 0 Å². The molecule has 1 atom stereocenters. The normalized spacial score (nSPS) is 12.0. The lowest BCUT2D eigenvalue weighted by molar-refractivity contribution is 0.0934. The van der Waals surface area contributed by atoms with E-state index >= 15 is 0 Å². The first-order valence-electron chi connectivity index (χ1n) is 5.46. The predicted octanol–water partition coefficient (Wildman–Crippen LogP) is 1.92. The molecule has 0 aliphatic rings. The highest BCUT2D eigenvalue weighted by atomic mass is 79.9. The smallest absolute Gasteiger partial charge is 0.255 e. The maximum absolute atomic E-state index is 12.0. The Morgan fingerprint density at radius 2 is 2.29 bits per heavy atom. The van der Waals surface area contributed by atoms with Crippen molar-refractivity contribution in [2.24, 2.45) is 5.73 Å². The second-order valence-electron chi connectivity index (χ2n) is 3.66. The Labute approximate surface area is 110 Å². The van der Waals surface area contributed by atoms with Crippen molar-refractivity contribution in [3.05, 3.63) is 28.2 Å². The van der Waals surface area contributed by atoms with Crippen LogP contribution in [0.3, 0.4) is 0 Å². The molecule has 1 rings (SSSR count). The summed E-state index contributed by atoms with van der Waals surface area (Å²) in [7, 11) is 1.54. The van der Waals surface area contributed by atoms with Crippen LogP contribution in [0.2, 0.25) is 0 Å². The highest BCUT2D eigenvalue weighted by Crippen LogP contribution is 2.23. The van der Waals surface area contributed by atoms with Gasteiger partial charge in [-0.05, 0) is 24.6 Å². The minimum atomic E-state index is -0.161. The summed E-state index contributed by atoms with van der Waals surface area (Å²) in [6.45, 7) is 2.41. The molecule has 0 aliphatic carbocycles. The van der Waals surface area contributed by atoms with Crippen LogP contribution in [-0.4, -0.2) is 25.6 Å². The molecular weight excluding hydrogens is 284 g/mol. The Hall–Kier alpha value is -1.07. The maximum Gasteiger partial charge on any atom is 0.255 e. The van der Waals surface area contributed by atoms with Gasteiger partial charge in [0.25, 0.3) is 5.91 Å². The number of carbonyl (C=O) groups excluding carboxylic acids is 1. The lowest BCUT2D eigenvalue weighted by atomic mass is 10.1. The highest BCUT2D eigenvalue weighted by molar-refractivity contribution is 9.10. The molecule has 0 fully saturated rings. The molecule has 0 aromatic heterocycles. The largest absolute Gasteiger partial charge is 0.496 e. The summed E-state index contributed by atoms with van der Waals surface area (Å²) in [6, 6.07) is 5.29. The average Bonchev–Trinajstić information content (AvgIpc) is 2.35. The van der Waals surface area contributed by atoms with E-state index in [4.69, 9.17) is 10.5 Å². The first kappa shape index (κ1) is 14.0. The Morgan fingerprint density at radius 3 is 2.82 bits per heavy atom. The molecule has 1 unspecified atom stereocenters. The molecule has 4 nitrogen and oxygen atoms in total. The van der Waals surface area contributed by atoms with Gasteiger partial charge in [0.05, 0.1) is 12.7 Å². The molecule has 0 heterocycles. The SMILES string of the molecule is CCC(CN)NC(=O)c1ccc(Br)cc1OC. The quantitative estimate of drug-likeness (QED) is 0.873. The second kappa shape index (κ2) is 6.61. The van der Waals surface area contributed by atoms with E-state index in [0.29, 0.717) is 17.9 Å². The van der Waals surface area contributed by atoms with Gasteiger partial charge in [-0.2, -0.15) is 0 Å². The number of amides is 1. The van der Waals surface area contributed by atoms with Gasteiger partial charge in [0.1, 0.15) is 5.75 Å². The second-order valence-corrected chi connectivity index (χ2v) is 4.57. The molecule has 5 heteroatoms. The van der Waals surface area contributed by atoms with Gasteiger partial charge < -0.3 is 15.8 Å². The number of rotatable bonds is 5. The standard InChI is InChI=1S/C12H17BrN2O2/c1-3-9(7-14)15-12(16)10-5-4-8(13)6-11(10)17-2/h4-6,9H,3,7,14H2,1-2H3,(H,15,16).